The maximum Gasteiger partial charge on any atom is 0.323 e. The lowest BCUT2D eigenvalue weighted by atomic mass is 10.2. The van der Waals surface area contributed by atoms with Crippen LogP contribution < -0.4 is 5.09 Å². The fraction of sp³-hybridized carbons (Fsp3) is 0.833. The second-order valence-electron chi connectivity index (χ2n) is 4.54. The molecular weight excluding hydrogens is 269 g/mol. The van der Waals surface area contributed by atoms with Gasteiger partial charge in [0.2, 0.25) is 0 Å². The fourth-order valence-electron chi connectivity index (χ4n) is 1.66. The van der Waals surface area contributed by atoms with Crippen molar-refractivity contribution in [3.05, 3.63) is 0 Å². The van der Waals surface area contributed by atoms with E-state index >= 15 is 0 Å². The topological polar surface area (TPSA) is 81.7 Å². The Bertz CT molecular complexity index is 328. The summed E-state index contributed by atoms with van der Waals surface area (Å²) >= 11 is 0. The molecule has 0 saturated carbocycles. The Balaban J connectivity index is 4.43. The number of ether oxygens (including phenoxy) is 2. The molecule has 0 fully saturated rings. The van der Waals surface area contributed by atoms with E-state index in [-0.39, 0.29) is 18.7 Å². The summed E-state index contributed by atoms with van der Waals surface area (Å²) in [7, 11) is -2.81. The maximum absolute atomic E-state index is 12.3. The Hall–Kier alpha value is -0.870. The molecule has 19 heavy (non-hydrogen) atoms. The SMILES string of the molecule is CCOC(=O)C(C)CP(C)(=O)NC(C)C(=O)OCC. The number of carbonyl (C=O) groups is 2. The van der Waals surface area contributed by atoms with Crippen LogP contribution in [-0.2, 0) is 23.6 Å². The molecular formula is C12H24NO5P. The normalized spacial score (nSPS) is 17.1. The lowest BCUT2D eigenvalue weighted by molar-refractivity contribution is -0.146. The van der Waals surface area contributed by atoms with Crippen LogP contribution in [0.25, 0.3) is 0 Å². The van der Waals surface area contributed by atoms with Gasteiger partial charge in [-0.2, -0.15) is 0 Å². The van der Waals surface area contributed by atoms with Crippen LogP contribution in [0, 0.1) is 5.92 Å². The molecule has 0 saturated heterocycles. The van der Waals surface area contributed by atoms with E-state index in [0.717, 1.165) is 0 Å². The molecule has 0 aliphatic heterocycles. The summed E-state index contributed by atoms with van der Waals surface area (Å²) in [6.45, 7) is 8.75. The van der Waals surface area contributed by atoms with Crippen molar-refractivity contribution in [2.45, 2.75) is 33.7 Å². The monoisotopic (exact) mass is 293 g/mol. The first-order valence-corrected chi connectivity index (χ1v) is 8.75. The molecule has 0 aromatic heterocycles. The van der Waals surface area contributed by atoms with Gasteiger partial charge in [0, 0.05) is 12.8 Å². The molecule has 7 heteroatoms. The average Bonchev–Trinajstić information content (AvgIpc) is 2.28. The third-order valence-electron chi connectivity index (χ3n) is 2.42. The van der Waals surface area contributed by atoms with Crippen LogP contribution in [0.3, 0.4) is 0 Å². The number of hydrogen-bond donors (Lipinski definition) is 1. The fourth-order valence-corrected chi connectivity index (χ4v) is 3.89. The number of carbonyl (C=O) groups excluding carboxylic acids is 2. The van der Waals surface area contributed by atoms with E-state index in [1.165, 1.54) is 6.66 Å². The summed E-state index contributed by atoms with van der Waals surface area (Å²) in [5.41, 5.74) is 0. The Kier molecular flexibility index (Phi) is 7.95. The zero-order valence-corrected chi connectivity index (χ0v) is 13.2. The Morgan fingerprint density at radius 2 is 1.58 bits per heavy atom. The van der Waals surface area contributed by atoms with Crippen molar-refractivity contribution in [1.29, 1.82) is 0 Å². The van der Waals surface area contributed by atoms with Gasteiger partial charge >= 0.3 is 11.9 Å². The highest BCUT2D eigenvalue weighted by Crippen LogP contribution is 2.39. The van der Waals surface area contributed by atoms with E-state index in [1.807, 2.05) is 0 Å². The Labute approximate surface area is 114 Å². The highest BCUT2D eigenvalue weighted by molar-refractivity contribution is 7.61. The van der Waals surface area contributed by atoms with E-state index in [2.05, 4.69) is 5.09 Å². The van der Waals surface area contributed by atoms with Crippen LogP contribution in [0.5, 0.6) is 0 Å². The molecule has 3 atom stereocenters. The smallest absolute Gasteiger partial charge is 0.323 e. The van der Waals surface area contributed by atoms with Crippen molar-refractivity contribution in [1.82, 2.24) is 5.09 Å². The minimum absolute atomic E-state index is 0.148. The van der Waals surface area contributed by atoms with E-state index in [4.69, 9.17) is 9.47 Å². The molecule has 3 unspecified atom stereocenters. The number of hydrogen-bond acceptors (Lipinski definition) is 5. The predicted octanol–water partition coefficient (Wildman–Crippen LogP) is 1.63. The van der Waals surface area contributed by atoms with Crippen LogP contribution in [0.2, 0.25) is 0 Å². The molecule has 0 aromatic rings. The van der Waals surface area contributed by atoms with Gasteiger partial charge in [-0.1, -0.05) is 6.92 Å². The van der Waals surface area contributed by atoms with Crippen molar-refractivity contribution in [2.24, 2.45) is 5.92 Å². The standard InChI is InChI=1S/C12H24NO5P/c1-6-17-11(14)9(3)8-19(5,16)13-10(4)12(15)18-7-2/h9-10H,6-8H2,1-5H3,(H,13,16). The molecule has 0 heterocycles. The van der Waals surface area contributed by atoms with Gasteiger partial charge in [0.15, 0.2) is 0 Å². The lowest BCUT2D eigenvalue weighted by Gasteiger charge is -2.21. The summed E-state index contributed by atoms with van der Waals surface area (Å²) in [5, 5.41) is 2.74. The molecule has 0 aliphatic rings. The summed E-state index contributed by atoms with van der Waals surface area (Å²) in [6.07, 6.45) is 0.148. The van der Waals surface area contributed by atoms with Gasteiger partial charge in [0.1, 0.15) is 13.3 Å². The van der Waals surface area contributed by atoms with E-state index in [0.29, 0.717) is 6.61 Å². The maximum atomic E-state index is 12.3. The van der Waals surface area contributed by atoms with Crippen molar-refractivity contribution in [3.8, 4) is 0 Å². The Morgan fingerprint density at radius 1 is 1.11 bits per heavy atom. The quantitative estimate of drug-likeness (QED) is 0.541. The predicted molar refractivity (Wildman–Crippen MR) is 73.4 cm³/mol. The van der Waals surface area contributed by atoms with Crippen LogP contribution in [0.15, 0.2) is 0 Å². The minimum Gasteiger partial charge on any atom is -0.466 e. The molecule has 0 radical (unpaired) electrons. The van der Waals surface area contributed by atoms with Crippen molar-refractivity contribution in [3.63, 3.8) is 0 Å². The zero-order chi connectivity index (χ0) is 15.1. The van der Waals surface area contributed by atoms with E-state index in [9.17, 15) is 14.2 Å². The van der Waals surface area contributed by atoms with E-state index < -0.39 is 25.2 Å². The van der Waals surface area contributed by atoms with Gasteiger partial charge in [0.25, 0.3) is 0 Å². The summed E-state index contributed by atoms with van der Waals surface area (Å²) < 4.78 is 22.0. The van der Waals surface area contributed by atoms with Gasteiger partial charge in [-0.15, -0.1) is 0 Å². The number of nitrogens with one attached hydrogen (secondary N) is 1. The van der Waals surface area contributed by atoms with Crippen molar-refractivity contribution < 1.29 is 23.6 Å². The average molecular weight is 293 g/mol. The summed E-state index contributed by atoms with van der Waals surface area (Å²) in [5.74, 6) is -1.30. The minimum atomic E-state index is -2.81. The highest BCUT2D eigenvalue weighted by Gasteiger charge is 2.28. The van der Waals surface area contributed by atoms with Gasteiger partial charge in [0.05, 0.1) is 19.1 Å². The second-order valence-corrected chi connectivity index (χ2v) is 7.36. The lowest BCUT2D eigenvalue weighted by Crippen LogP contribution is -2.35. The molecule has 0 aliphatic carbocycles. The number of rotatable bonds is 8. The molecule has 112 valence electrons. The highest BCUT2D eigenvalue weighted by atomic mass is 31.2. The zero-order valence-electron chi connectivity index (χ0n) is 12.3. The van der Waals surface area contributed by atoms with Gasteiger partial charge < -0.3 is 14.0 Å². The van der Waals surface area contributed by atoms with Crippen LogP contribution >= 0.6 is 7.29 Å². The van der Waals surface area contributed by atoms with Crippen molar-refractivity contribution in [2.75, 3.05) is 26.0 Å². The first-order chi connectivity index (χ1) is 8.73. The molecule has 0 spiro atoms. The molecule has 0 rings (SSSR count). The summed E-state index contributed by atoms with van der Waals surface area (Å²) in [4.78, 5) is 22.9. The van der Waals surface area contributed by atoms with Crippen molar-refractivity contribution >= 4 is 19.2 Å². The van der Waals surface area contributed by atoms with E-state index in [1.54, 1.807) is 27.7 Å². The third-order valence-corrected chi connectivity index (χ3v) is 4.60. The molecule has 1 N–H and O–H groups in total. The molecule has 0 aromatic carbocycles. The van der Waals surface area contributed by atoms with Gasteiger partial charge in [-0.05, 0) is 20.8 Å². The van der Waals surface area contributed by atoms with Crippen LogP contribution in [0.4, 0.5) is 0 Å². The second kappa shape index (κ2) is 8.33. The molecule has 0 bridgehead atoms. The largest absolute Gasteiger partial charge is 0.466 e. The van der Waals surface area contributed by atoms with Crippen LogP contribution in [-0.4, -0.2) is 44.0 Å². The number of esters is 2. The van der Waals surface area contributed by atoms with Gasteiger partial charge in [-0.3, -0.25) is 14.7 Å². The first-order valence-electron chi connectivity index (χ1n) is 6.41. The van der Waals surface area contributed by atoms with Crippen LogP contribution in [0.1, 0.15) is 27.7 Å². The molecule has 0 amide bonds. The Morgan fingerprint density at radius 3 is 2.05 bits per heavy atom. The molecule has 6 nitrogen and oxygen atoms in total. The summed E-state index contributed by atoms with van der Waals surface area (Å²) in [6, 6.07) is -0.662. The third kappa shape index (κ3) is 7.33. The first kappa shape index (κ1) is 18.1. The van der Waals surface area contributed by atoms with Gasteiger partial charge in [-0.25, -0.2) is 0 Å².